The van der Waals surface area contributed by atoms with Crippen LogP contribution in [0.25, 0.3) is 0 Å². The predicted molar refractivity (Wildman–Crippen MR) is 43.2 cm³/mol. The van der Waals surface area contributed by atoms with Crippen LogP contribution in [0.2, 0.25) is 0 Å². The van der Waals surface area contributed by atoms with E-state index in [2.05, 4.69) is 0 Å². The third kappa shape index (κ3) is 3.29. The van der Waals surface area contributed by atoms with E-state index in [0.29, 0.717) is 0 Å². The average Bonchev–Trinajstić information content (AvgIpc) is 2.23. The van der Waals surface area contributed by atoms with Crippen LogP contribution < -0.4 is 0 Å². The van der Waals surface area contributed by atoms with Gasteiger partial charge in [0.2, 0.25) is 0 Å². The highest BCUT2D eigenvalue weighted by atomic mass is 16.4. The lowest BCUT2D eigenvalue weighted by Gasteiger charge is -2.26. The fourth-order valence-corrected chi connectivity index (χ4v) is 0.820. The standard InChI is InChI=1S/C7H14O7/c8-1-3(10)5(12)7(14)6(13)4(11)2-9/h1,3-7,9-14H,2H2/t3-,4+,5-,6+,7+/m0/s1. The molecule has 14 heavy (non-hydrogen) atoms. The van der Waals surface area contributed by atoms with Gasteiger partial charge in [-0.3, -0.25) is 0 Å². The molecule has 0 saturated carbocycles. The normalized spacial score (nSPS) is 22.1. The second-order valence-electron chi connectivity index (χ2n) is 2.85. The molecule has 0 bridgehead atoms. The molecule has 0 amide bonds. The molecular formula is C7H14O7. The Morgan fingerprint density at radius 2 is 1.43 bits per heavy atom. The molecule has 0 spiro atoms. The molecule has 0 aliphatic rings. The SMILES string of the molecule is O=C[C@H](O)[C@H](O)[C@@H](O)[C@H](O)[C@H](O)CO. The van der Waals surface area contributed by atoms with E-state index in [0.717, 1.165) is 0 Å². The van der Waals surface area contributed by atoms with Crippen molar-refractivity contribution in [3.63, 3.8) is 0 Å². The van der Waals surface area contributed by atoms with Gasteiger partial charge in [0.05, 0.1) is 6.61 Å². The maximum atomic E-state index is 10.00. The van der Waals surface area contributed by atoms with Crippen molar-refractivity contribution >= 4 is 6.29 Å². The minimum Gasteiger partial charge on any atom is -0.394 e. The van der Waals surface area contributed by atoms with Gasteiger partial charge in [0, 0.05) is 0 Å². The van der Waals surface area contributed by atoms with Gasteiger partial charge in [-0.15, -0.1) is 0 Å². The predicted octanol–water partition coefficient (Wildman–Crippen LogP) is -4.02. The van der Waals surface area contributed by atoms with E-state index in [1.54, 1.807) is 0 Å². The number of carbonyl (C=O) groups excluding carboxylic acids is 1. The first-order valence-electron chi connectivity index (χ1n) is 3.92. The van der Waals surface area contributed by atoms with Crippen LogP contribution >= 0.6 is 0 Å². The Labute approximate surface area is 79.9 Å². The van der Waals surface area contributed by atoms with Crippen molar-refractivity contribution < 1.29 is 35.4 Å². The van der Waals surface area contributed by atoms with Crippen molar-refractivity contribution in [1.82, 2.24) is 0 Å². The van der Waals surface area contributed by atoms with E-state index in [1.807, 2.05) is 0 Å². The van der Waals surface area contributed by atoms with E-state index < -0.39 is 37.1 Å². The first-order valence-corrected chi connectivity index (χ1v) is 3.92. The van der Waals surface area contributed by atoms with Gasteiger partial charge in [0.25, 0.3) is 0 Å². The van der Waals surface area contributed by atoms with E-state index in [1.165, 1.54) is 0 Å². The Hall–Kier alpha value is -0.570. The summed E-state index contributed by atoms with van der Waals surface area (Å²) < 4.78 is 0. The highest BCUT2D eigenvalue weighted by Crippen LogP contribution is 2.07. The van der Waals surface area contributed by atoms with E-state index >= 15 is 0 Å². The maximum Gasteiger partial charge on any atom is 0.151 e. The molecule has 6 N–H and O–H groups in total. The van der Waals surface area contributed by atoms with Gasteiger partial charge in [0.15, 0.2) is 6.29 Å². The Morgan fingerprint density at radius 1 is 0.929 bits per heavy atom. The average molecular weight is 210 g/mol. The first-order chi connectivity index (χ1) is 6.45. The van der Waals surface area contributed by atoms with Crippen molar-refractivity contribution in [3.05, 3.63) is 0 Å². The molecule has 0 aliphatic heterocycles. The summed E-state index contributed by atoms with van der Waals surface area (Å²) in [4.78, 5) is 10.00. The Bertz CT molecular complexity index is 173. The number of aliphatic hydroxyl groups is 6. The zero-order chi connectivity index (χ0) is 11.3. The van der Waals surface area contributed by atoms with E-state index in [-0.39, 0.29) is 6.29 Å². The quantitative estimate of drug-likeness (QED) is 0.245. The Kier molecular flexibility index (Phi) is 5.77. The molecule has 0 rings (SSSR count). The van der Waals surface area contributed by atoms with Crippen LogP contribution in [0.4, 0.5) is 0 Å². The monoisotopic (exact) mass is 210 g/mol. The van der Waals surface area contributed by atoms with Gasteiger partial charge < -0.3 is 35.4 Å². The van der Waals surface area contributed by atoms with Crippen molar-refractivity contribution in [1.29, 1.82) is 0 Å². The molecule has 7 nitrogen and oxygen atoms in total. The van der Waals surface area contributed by atoms with Crippen LogP contribution in [-0.2, 0) is 4.79 Å². The van der Waals surface area contributed by atoms with Crippen LogP contribution in [0.3, 0.4) is 0 Å². The van der Waals surface area contributed by atoms with Crippen LogP contribution in [-0.4, -0.2) is 74.1 Å². The Morgan fingerprint density at radius 3 is 1.79 bits per heavy atom. The topological polar surface area (TPSA) is 138 Å². The summed E-state index contributed by atoms with van der Waals surface area (Å²) in [7, 11) is 0. The molecule has 0 aromatic carbocycles. The second-order valence-corrected chi connectivity index (χ2v) is 2.85. The summed E-state index contributed by atoms with van der Waals surface area (Å²) in [6.07, 6.45) is -9.21. The largest absolute Gasteiger partial charge is 0.394 e. The number of aldehydes is 1. The van der Waals surface area contributed by atoms with Crippen LogP contribution in [0, 0.1) is 0 Å². The lowest BCUT2D eigenvalue weighted by molar-refractivity contribution is -0.147. The zero-order valence-electron chi connectivity index (χ0n) is 7.26. The second kappa shape index (κ2) is 6.02. The molecule has 7 heteroatoms. The minimum atomic E-state index is -1.92. The minimum absolute atomic E-state index is 0.0219. The number of carbonyl (C=O) groups is 1. The van der Waals surface area contributed by atoms with Gasteiger partial charge in [-0.25, -0.2) is 0 Å². The number of aliphatic hydroxyl groups excluding tert-OH is 6. The summed E-state index contributed by atoms with van der Waals surface area (Å²) in [5.41, 5.74) is 0. The third-order valence-corrected chi connectivity index (χ3v) is 1.77. The molecule has 0 radical (unpaired) electrons. The molecule has 5 atom stereocenters. The molecule has 0 saturated heterocycles. The molecule has 0 unspecified atom stereocenters. The molecule has 0 fully saturated rings. The smallest absolute Gasteiger partial charge is 0.151 e. The van der Waals surface area contributed by atoms with Gasteiger partial charge in [-0.05, 0) is 0 Å². The van der Waals surface area contributed by atoms with Crippen molar-refractivity contribution in [2.24, 2.45) is 0 Å². The Balaban J connectivity index is 4.29. The highest BCUT2D eigenvalue weighted by molar-refractivity contribution is 5.56. The first kappa shape index (κ1) is 13.4. The summed E-state index contributed by atoms with van der Waals surface area (Å²) in [6.45, 7) is -0.817. The van der Waals surface area contributed by atoms with Gasteiger partial charge in [0.1, 0.15) is 30.5 Å². The molecule has 0 aliphatic carbocycles. The lowest BCUT2D eigenvalue weighted by atomic mass is 10.0. The van der Waals surface area contributed by atoms with Gasteiger partial charge in [-0.2, -0.15) is 0 Å². The summed E-state index contributed by atoms with van der Waals surface area (Å²) in [6, 6.07) is 0. The molecule has 0 aromatic rings. The lowest BCUT2D eigenvalue weighted by Crippen LogP contribution is -2.50. The number of hydrogen-bond donors (Lipinski definition) is 6. The summed E-state index contributed by atoms with van der Waals surface area (Å²) in [5, 5.41) is 53.2. The van der Waals surface area contributed by atoms with Gasteiger partial charge in [-0.1, -0.05) is 0 Å². The molecule has 84 valence electrons. The van der Waals surface area contributed by atoms with Crippen molar-refractivity contribution in [2.75, 3.05) is 6.61 Å². The van der Waals surface area contributed by atoms with Crippen LogP contribution in [0.1, 0.15) is 0 Å². The summed E-state index contributed by atoms with van der Waals surface area (Å²) >= 11 is 0. The third-order valence-electron chi connectivity index (χ3n) is 1.77. The number of hydrogen-bond acceptors (Lipinski definition) is 7. The van der Waals surface area contributed by atoms with Gasteiger partial charge >= 0.3 is 0 Å². The molecule has 0 heterocycles. The van der Waals surface area contributed by atoms with Crippen molar-refractivity contribution in [3.8, 4) is 0 Å². The fourth-order valence-electron chi connectivity index (χ4n) is 0.820. The van der Waals surface area contributed by atoms with E-state index in [9.17, 15) is 4.79 Å². The fraction of sp³-hybridized carbons (Fsp3) is 0.857. The highest BCUT2D eigenvalue weighted by Gasteiger charge is 2.33. The zero-order valence-corrected chi connectivity index (χ0v) is 7.26. The van der Waals surface area contributed by atoms with E-state index in [4.69, 9.17) is 30.6 Å². The molecule has 0 aromatic heterocycles. The number of rotatable bonds is 6. The van der Waals surface area contributed by atoms with Crippen molar-refractivity contribution in [2.45, 2.75) is 30.5 Å². The summed E-state index contributed by atoms with van der Waals surface area (Å²) in [5.74, 6) is 0. The van der Waals surface area contributed by atoms with Crippen LogP contribution in [0.15, 0.2) is 0 Å². The van der Waals surface area contributed by atoms with Crippen LogP contribution in [0.5, 0.6) is 0 Å². The molecular weight excluding hydrogens is 196 g/mol. The maximum absolute atomic E-state index is 10.00.